The number of anilines is 1. The van der Waals surface area contributed by atoms with Gasteiger partial charge in [-0.25, -0.2) is 0 Å². The second-order valence-electron chi connectivity index (χ2n) is 5.78. The Morgan fingerprint density at radius 2 is 1.74 bits per heavy atom. The number of benzene rings is 2. The Morgan fingerprint density at radius 3 is 2.43 bits per heavy atom. The summed E-state index contributed by atoms with van der Waals surface area (Å²) in [5.74, 6) is 0. The molecule has 0 bridgehead atoms. The van der Waals surface area contributed by atoms with Crippen LogP contribution in [0.1, 0.15) is 28.1 Å². The highest BCUT2D eigenvalue weighted by Crippen LogP contribution is 2.23. The summed E-state index contributed by atoms with van der Waals surface area (Å²) < 4.78 is 2.02. The highest BCUT2D eigenvalue weighted by Gasteiger charge is 2.14. The summed E-state index contributed by atoms with van der Waals surface area (Å²) in [7, 11) is 0. The minimum absolute atomic E-state index is 0.606. The van der Waals surface area contributed by atoms with E-state index in [0.717, 1.165) is 17.7 Å². The zero-order chi connectivity index (χ0) is 16.2. The fourth-order valence-corrected chi connectivity index (χ4v) is 2.86. The molecule has 0 unspecified atom stereocenters. The number of hydrogen-bond acceptors (Lipinski definition) is 2. The van der Waals surface area contributed by atoms with Crippen LogP contribution in [0.2, 0.25) is 0 Å². The Bertz CT molecular complexity index is 854. The third kappa shape index (κ3) is 3.27. The minimum Gasteiger partial charge on any atom is -0.397 e. The molecule has 3 aromatic rings. The molecule has 1 heterocycles. The van der Waals surface area contributed by atoms with Crippen LogP contribution in [-0.2, 0) is 13.0 Å². The molecule has 0 aliphatic heterocycles. The van der Waals surface area contributed by atoms with E-state index in [1.54, 1.807) is 6.07 Å². The highest BCUT2D eigenvalue weighted by atomic mass is 15.0. The van der Waals surface area contributed by atoms with Gasteiger partial charge in [-0.15, -0.1) is 0 Å². The average Bonchev–Trinajstić information content (AvgIpc) is 2.84. The van der Waals surface area contributed by atoms with Crippen molar-refractivity contribution in [2.75, 3.05) is 5.73 Å². The van der Waals surface area contributed by atoms with E-state index in [0.29, 0.717) is 17.9 Å². The molecule has 0 amide bonds. The quantitative estimate of drug-likeness (QED) is 0.795. The topological polar surface area (TPSA) is 54.7 Å². The van der Waals surface area contributed by atoms with Crippen molar-refractivity contribution in [3.05, 3.63) is 88.7 Å². The van der Waals surface area contributed by atoms with Gasteiger partial charge in [0.15, 0.2) is 0 Å². The first-order chi connectivity index (χ1) is 11.2. The number of nitrogens with zero attached hydrogens (tertiary/aromatic N) is 2. The van der Waals surface area contributed by atoms with Crippen molar-refractivity contribution in [1.29, 1.82) is 5.26 Å². The number of nitrogen functional groups attached to an aromatic ring is 1. The lowest BCUT2D eigenvalue weighted by Crippen LogP contribution is -2.08. The fourth-order valence-electron chi connectivity index (χ4n) is 2.86. The smallest absolute Gasteiger partial charge is 0.122 e. The molecule has 23 heavy (non-hydrogen) atoms. The summed E-state index contributed by atoms with van der Waals surface area (Å²) in [5.41, 5.74) is 12.1. The highest BCUT2D eigenvalue weighted by molar-refractivity contribution is 5.52. The average molecular weight is 301 g/mol. The van der Waals surface area contributed by atoms with Crippen molar-refractivity contribution in [2.24, 2.45) is 0 Å². The van der Waals surface area contributed by atoms with Crippen LogP contribution >= 0.6 is 0 Å². The van der Waals surface area contributed by atoms with Crippen molar-refractivity contribution in [1.82, 2.24) is 4.57 Å². The van der Waals surface area contributed by atoms with Gasteiger partial charge in [0.05, 0.1) is 5.69 Å². The first-order valence-electron chi connectivity index (χ1n) is 7.65. The van der Waals surface area contributed by atoms with Gasteiger partial charge < -0.3 is 10.3 Å². The van der Waals surface area contributed by atoms with E-state index in [9.17, 15) is 5.26 Å². The molecule has 0 aliphatic rings. The first kappa shape index (κ1) is 14.9. The summed E-state index contributed by atoms with van der Waals surface area (Å²) in [5, 5.41) is 9.42. The van der Waals surface area contributed by atoms with Gasteiger partial charge in [-0.1, -0.05) is 60.2 Å². The number of nitriles is 1. The third-order valence-corrected chi connectivity index (χ3v) is 3.99. The lowest BCUT2D eigenvalue weighted by Gasteiger charge is -2.12. The van der Waals surface area contributed by atoms with Gasteiger partial charge in [0.2, 0.25) is 0 Å². The van der Waals surface area contributed by atoms with Crippen LogP contribution in [-0.4, -0.2) is 4.57 Å². The van der Waals surface area contributed by atoms with Crippen LogP contribution in [0.25, 0.3) is 0 Å². The molecule has 114 valence electrons. The fraction of sp³-hybridized carbons (Fsp3) is 0.150. The largest absolute Gasteiger partial charge is 0.397 e. The van der Waals surface area contributed by atoms with Gasteiger partial charge >= 0.3 is 0 Å². The van der Waals surface area contributed by atoms with Crippen LogP contribution in [0.4, 0.5) is 5.69 Å². The molecule has 2 aromatic carbocycles. The number of aromatic nitrogens is 1. The maximum absolute atomic E-state index is 9.42. The van der Waals surface area contributed by atoms with E-state index in [1.165, 1.54) is 11.1 Å². The van der Waals surface area contributed by atoms with Crippen molar-refractivity contribution in [3.63, 3.8) is 0 Å². The maximum atomic E-state index is 9.42. The molecular weight excluding hydrogens is 282 g/mol. The van der Waals surface area contributed by atoms with Gasteiger partial charge in [0.25, 0.3) is 0 Å². The zero-order valence-corrected chi connectivity index (χ0v) is 13.2. The van der Waals surface area contributed by atoms with Gasteiger partial charge in [-0.2, -0.15) is 5.26 Å². The molecule has 0 fully saturated rings. The van der Waals surface area contributed by atoms with Crippen molar-refractivity contribution in [3.8, 4) is 6.07 Å². The van der Waals surface area contributed by atoms with Crippen molar-refractivity contribution in [2.45, 2.75) is 19.9 Å². The summed E-state index contributed by atoms with van der Waals surface area (Å²) in [6, 6.07) is 22.6. The van der Waals surface area contributed by atoms with Crippen LogP contribution in [0.5, 0.6) is 0 Å². The first-order valence-corrected chi connectivity index (χ1v) is 7.65. The zero-order valence-electron chi connectivity index (χ0n) is 13.2. The molecular formula is C20H19N3. The Labute approximate surface area is 136 Å². The van der Waals surface area contributed by atoms with Gasteiger partial charge in [0, 0.05) is 18.7 Å². The minimum atomic E-state index is 0.606. The van der Waals surface area contributed by atoms with E-state index < -0.39 is 0 Å². The summed E-state index contributed by atoms with van der Waals surface area (Å²) in [4.78, 5) is 0. The van der Waals surface area contributed by atoms with Gasteiger partial charge in [0.1, 0.15) is 11.8 Å². The lowest BCUT2D eigenvalue weighted by atomic mass is 10.1. The van der Waals surface area contributed by atoms with Crippen molar-refractivity contribution < 1.29 is 0 Å². The number of nitrogens with two attached hydrogens (primary N) is 1. The van der Waals surface area contributed by atoms with Crippen molar-refractivity contribution >= 4 is 5.69 Å². The molecule has 0 aliphatic carbocycles. The Morgan fingerprint density at radius 1 is 1.00 bits per heavy atom. The van der Waals surface area contributed by atoms with Gasteiger partial charge in [-0.3, -0.25) is 0 Å². The molecule has 3 heteroatoms. The van der Waals surface area contributed by atoms with E-state index in [-0.39, 0.29) is 0 Å². The molecule has 0 saturated heterocycles. The predicted molar refractivity (Wildman–Crippen MR) is 93.1 cm³/mol. The Hall–Kier alpha value is -2.99. The van der Waals surface area contributed by atoms with Crippen LogP contribution in [0, 0.1) is 18.3 Å². The number of aryl methyl sites for hydroxylation is 1. The second kappa shape index (κ2) is 6.41. The molecule has 0 saturated carbocycles. The second-order valence-corrected chi connectivity index (χ2v) is 5.78. The molecule has 3 rings (SSSR count). The van der Waals surface area contributed by atoms with E-state index >= 15 is 0 Å². The summed E-state index contributed by atoms with van der Waals surface area (Å²) in [6.45, 7) is 2.73. The monoisotopic (exact) mass is 301 g/mol. The number of rotatable bonds is 4. The molecule has 2 N–H and O–H groups in total. The van der Waals surface area contributed by atoms with Gasteiger partial charge in [-0.05, 0) is 24.1 Å². The van der Waals surface area contributed by atoms with E-state index in [1.807, 2.05) is 22.8 Å². The maximum Gasteiger partial charge on any atom is 0.122 e. The Kier molecular flexibility index (Phi) is 4.16. The SMILES string of the molecule is Cc1cccc(Cc2c(N)cc(C#N)n2Cc2ccccc2)c1. The molecule has 0 spiro atoms. The van der Waals surface area contributed by atoms with E-state index in [2.05, 4.69) is 49.4 Å². The molecule has 0 atom stereocenters. The third-order valence-electron chi connectivity index (χ3n) is 3.99. The lowest BCUT2D eigenvalue weighted by molar-refractivity contribution is 0.749. The number of hydrogen-bond donors (Lipinski definition) is 1. The van der Waals surface area contributed by atoms with Crippen LogP contribution < -0.4 is 5.73 Å². The Balaban J connectivity index is 1.99. The summed E-state index contributed by atoms with van der Waals surface area (Å²) in [6.07, 6.45) is 0.724. The molecule has 0 radical (unpaired) electrons. The standard InChI is InChI=1S/C20H19N3/c1-15-6-5-9-17(10-15)11-20-19(22)12-18(13-21)23(20)14-16-7-3-2-4-8-16/h2-10,12H,11,14,22H2,1H3. The van der Waals surface area contributed by atoms with E-state index in [4.69, 9.17) is 5.73 Å². The normalized spacial score (nSPS) is 10.4. The predicted octanol–water partition coefficient (Wildman–Crippen LogP) is 3.89. The molecule has 3 nitrogen and oxygen atoms in total. The summed E-state index contributed by atoms with van der Waals surface area (Å²) >= 11 is 0. The van der Waals surface area contributed by atoms with Crippen LogP contribution in [0.3, 0.4) is 0 Å². The molecule has 1 aromatic heterocycles. The van der Waals surface area contributed by atoms with Crippen LogP contribution in [0.15, 0.2) is 60.7 Å².